The molecule has 1 amide bonds. The maximum atomic E-state index is 12.0. The summed E-state index contributed by atoms with van der Waals surface area (Å²) in [5.74, 6) is 0.476. The van der Waals surface area contributed by atoms with Crippen molar-refractivity contribution in [2.24, 2.45) is 0 Å². The smallest absolute Gasteiger partial charge is 0.253 e. The average Bonchev–Trinajstić information content (AvgIpc) is 2.96. The van der Waals surface area contributed by atoms with Crippen molar-refractivity contribution in [3.8, 4) is 0 Å². The number of carbonyl (C=O) groups excluding carboxylic acids is 1. The predicted octanol–water partition coefficient (Wildman–Crippen LogP) is 2.25. The highest BCUT2D eigenvalue weighted by atomic mass is 16.5. The number of ether oxygens (including phenoxy) is 1. The van der Waals surface area contributed by atoms with E-state index in [4.69, 9.17) is 9.15 Å². The first kappa shape index (κ1) is 11.2. The van der Waals surface area contributed by atoms with Crippen LogP contribution in [0.15, 0.2) is 22.6 Å². The molecule has 1 fully saturated rings. The number of amides is 1. The summed E-state index contributed by atoms with van der Waals surface area (Å²) in [4.78, 5) is 16.2. The van der Waals surface area contributed by atoms with Crippen molar-refractivity contribution < 1.29 is 13.9 Å². The second-order valence-corrected chi connectivity index (χ2v) is 4.38. The van der Waals surface area contributed by atoms with Crippen molar-refractivity contribution in [3.05, 3.63) is 24.1 Å². The molecule has 0 saturated carbocycles. The number of nitrogens with one attached hydrogen (secondary N) is 1. The maximum Gasteiger partial charge on any atom is 0.253 e. The van der Waals surface area contributed by atoms with Gasteiger partial charge in [0, 0.05) is 13.5 Å². The van der Waals surface area contributed by atoms with Gasteiger partial charge in [-0.3, -0.25) is 4.79 Å². The van der Waals surface area contributed by atoms with E-state index in [9.17, 15) is 4.79 Å². The van der Waals surface area contributed by atoms with E-state index in [1.54, 1.807) is 6.92 Å². The molecule has 1 aromatic heterocycles. The van der Waals surface area contributed by atoms with Crippen molar-refractivity contribution in [3.63, 3.8) is 0 Å². The number of oxazole rings is 1. The van der Waals surface area contributed by atoms with Crippen LogP contribution in [0.1, 0.15) is 18.7 Å². The molecule has 94 valence electrons. The van der Waals surface area contributed by atoms with Crippen molar-refractivity contribution in [1.29, 1.82) is 0 Å². The van der Waals surface area contributed by atoms with Crippen LogP contribution in [0.5, 0.6) is 0 Å². The number of para-hydroxylation sites is 1. The van der Waals surface area contributed by atoms with Gasteiger partial charge in [0.1, 0.15) is 11.6 Å². The molecule has 1 aromatic carbocycles. The molecule has 3 rings (SSSR count). The second-order valence-electron chi connectivity index (χ2n) is 4.38. The lowest BCUT2D eigenvalue weighted by Gasteiger charge is -2.10. The fourth-order valence-corrected chi connectivity index (χ4v) is 2.16. The number of aryl methyl sites for hydroxylation is 1. The van der Waals surface area contributed by atoms with Gasteiger partial charge in [0.2, 0.25) is 0 Å². The van der Waals surface area contributed by atoms with E-state index in [0.717, 1.165) is 12.8 Å². The number of anilines is 1. The lowest BCUT2D eigenvalue weighted by molar-refractivity contribution is -0.124. The average molecular weight is 246 g/mol. The van der Waals surface area contributed by atoms with E-state index in [-0.39, 0.29) is 12.0 Å². The van der Waals surface area contributed by atoms with Crippen LogP contribution in [0.3, 0.4) is 0 Å². The van der Waals surface area contributed by atoms with Gasteiger partial charge in [-0.2, -0.15) is 0 Å². The molecule has 0 bridgehead atoms. The highest BCUT2D eigenvalue weighted by Gasteiger charge is 2.24. The molecule has 0 radical (unpaired) electrons. The third-order valence-electron chi connectivity index (χ3n) is 3.01. The number of carbonyl (C=O) groups is 1. The first-order valence-corrected chi connectivity index (χ1v) is 6.02. The standard InChI is InChI=1S/C13H14N2O3/c1-8-14-12-9(4-2-5-10(12)18-8)15-13(16)11-6-3-7-17-11/h2,4-5,11H,3,6-7H2,1H3,(H,15,16)/t11-/m1/s1. The number of fused-ring (bicyclic) bond motifs is 1. The summed E-state index contributed by atoms with van der Waals surface area (Å²) in [5.41, 5.74) is 2.03. The summed E-state index contributed by atoms with van der Waals surface area (Å²) in [5, 5.41) is 2.85. The van der Waals surface area contributed by atoms with Gasteiger partial charge in [-0.1, -0.05) is 6.07 Å². The number of hydrogen-bond donors (Lipinski definition) is 1. The van der Waals surface area contributed by atoms with E-state index >= 15 is 0 Å². The van der Waals surface area contributed by atoms with E-state index in [0.29, 0.717) is 29.3 Å². The first-order valence-electron chi connectivity index (χ1n) is 6.02. The van der Waals surface area contributed by atoms with E-state index < -0.39 is 0 Å². The summed E-state index contributed by atoms with van der Waals surface area (Å²) in [6, 6.07) is 5.48. The van der Waals surface area contributed by atoms with Gasteiger partial charge < -0.3 is 14.5 Å². The molecular formula is C13H14N2O3. The molecule has 2 aromatic rings. The molecule has 0 unspecified atom stereocenters. The Hall–Kier alpha value is -1.88. The minimum Gasteiger partial charge on any atom is -0.441 e. The van der Waals surface area contributed by atoms with E-state index in [1.165, 1.54) is 0 Å². The van der Waals surface area contributed by atoms with Gasteiger partial charge in [0.25, 0.3) is 5.91 Å². The number of aromatic nitrogens is 1. The van der Waals surface area contributed by atoms with Gasteiger partial charge in [-0.15, -0.1) is 0 Å². The summed E-state index contributed by atoms with van der Waals surface area (Å²) >= 11 is 0. The van der Waals surface area contributed by atoms with Gasteiger partial charge in [-0.05, 0) is 25.0 Å². The summed E-state index contributed by atoms with van der Waals surface area (Å²) in [7, 11) is 0. The fourth-order valence-electron chi connectivity index (χ4n) is 2.16. The van der Waals surface area contributed by atoms with Crippen LogP contribution in [0, 0.1) is 6.92 Å². The monoisotopic (exact) mass is 246 g/mol. The zero-order valence-electron chi connectivity index (χ0n) is 10.1. The second kappa shape index (κ2) is 4.42. The topological polar surface area (TPSA) is 64.4 Å². The van der Waals surface area contributed by atoms with Crippen LogP contribution >= 0.6 is 0 Å². The summed E-state index contributed by atoms with van der Waals surface area (Å²) in [6.45, 7) is 2.44. The zero-order valence-corrected chi connectivity index (χ0v) is 10.1. The molecule has 18 heavy (non-hydrogen) atoms. The largest absolute Gasteiger partial charge is 0.441 e. The Labute approximate surface area is 104 Å². The molecule has 1 aliphatic rings. The van der Waals surface area contributed by atoms with Crippen LogP contribution in [0.25, 0.3) is 11.1 Å². The Bertz CT molecular complexity index is 585. The molecule has 5 heteroatoms. The number of hydrogen-bond acceptors (Lipinski definition) is 4. The van der Waals surface area contributed by atoms with E-state index in [1.807, 2.05) is 18.2 Å². The predicted molar refractivity (Wildman–Crippen MR) is 66.3 cm³/mol. The molecule has 0 spiro atoms. The van der Waals surface area contributed by atoms with Gasteiger partial charge >= 0.3 is 0 Å². The van der Waals surface area contributed by atoms with E-state index in [2.05, 4.69) is 10.3 Å². The highest BCUT2D eigenvalue weighted by molar-refractivity contribution is 6.00. The van der Waals surface area contributed by atoms with Gasteiger partial charge in [-0.25, -0.2) is 4.98 Å². The minimum atomic E-state index is -0.340. The molecule has 2 heterocycles. The van der Waals surface area contributed by atoms with Crippen LogP contribution < -0.4 is 5.32 Å². The number of benzene rings is 1. The van der Waals surface area contributed by atoms with Crippen molar-refractivity contribution in [2.45, 2.75) is 25.9 Å². The van der Waals surface area contributed by atoms with Gasteiger partial charge in [0.15, 0.2) is 11.5 Å². The first-order chi connectivity index (χ1) is 8.74. The summed E-state index contributed by atoms with van der Waals surface area (Å²) in [6.07, 6.45) is 1.37. The molecular weight excluding hydrogens is 232 g/mol. The third kappa shape index (κ3) is 1.97. The fraction of sp³-hybridized carbons (Fsp3) is 0.385. The Morgan fingerprint density at radius 1 is 1.50 bits per heavy atom. The van der Waals surface area contributed by atoms with Crippen molar-refractivity contribution >= 4 is 22.7 Å². The van der Waals surface area contributed by atoms with Crippen LogP contribution in [0.2, 0.25) is 0 Å². The third-order valence-corrected chi connectivity index (χ3v) is 3.01. The van der Waals surface area contributed by atoms with Crippen LogP contribution in [-0.4, -0.2) is 23.6 Å². The molecule has 5 nitrogen and oxygen atoms in total. The molecule has 1 atom stereocenters. The normalized spacial score (nSPS) is 19.3. The van der Waals surface area contributed by atoms with Crippen molar-refractivity contribution in [1.82, 2.24) is 4.98 Å². The molecule has 0 aliphatic carbocycles. The number of rotatable bonds is 2. The summed E-state index contributed by atoms with van der Waals surface area (Å²) < 4.78 is 10.8. The molecule has 1 saturated heterocycles. The zero-order chi connectivity index (χ0) is 12.5. The quantitative estimate of drug-likeness (QED) is 0.882. The molecule has 1 aliphatic heterocycles. The Balaban J connectivity index is 1.87. The number of nitrogens with zero attached hydrogens (tertiary/aromatic N) is 1. The van der Waals surface area contributed by atoms with Crippen LogP contribution in [0.4, 0.5) is 5.69 Å². The lowest BCUT2D eigenvalue weighted by Crippen LogP contribution is -2.26. The van der Waals surface area contributed by atoms with Crippen LogP contribution in [-0.2, 0) is 9.53 Å². The maximum absolute atomic E-state index is 12.0. The molecule has 1 N–H and O–H groups in total. The van der Waals surface area contributed by atoms with Gasteiger partial charge in [0.05, 0.1) is 5.69 Å². The Morgan fingerprint density at radius 3 is 3.17 bits per heavy atom. The SMILES string of the molecule is Cc1nc2c(NC(=O)[C@H]3CCCO3)cccc2o1. The minimum absolute atomic E-state index is 0.111. The Morgan fingerprint density at radius 2 is 2.39 bits per heavy atom. The van der Waals surface area contributed by atoms with Crippen molar-refractivity contribution in [2.75, 3.05) is 11.9 Å². The Kier molecular flexibility index (Phi) is 2.76. The lowest BCUT2D eigenvalue weighted by atomic mass is 10.2. The highest BCUT2D eigenvalue weighted by Crippen LogP contribution is 2.24.